The largest absolute Gasteiger partial charge is 0.396 e. The van der Waals surface area contributed by atoms with E-state index in [1.807, 2.05) is 25.3 Å². The second-order valence-corrected chi connectivity index (χ2v) is 9.47. The van der Waals surface area contributed by atoms with Gasteiger partial charge in [0.1, 0.15) is 5.69 Å². The van der Waals surface area contributed by atoms with Crippen molar-refractivity contribution in [2.45, 2.75) is 32.2 Å². The van der Waals surface area contributed by atoms with E-state index in [2.05, 4.69) is 21.3 Å². The number of aromatic nitrogens is 2. The van der Waals surface area contributed by atoms with E-state index in [9.17, 15) is 18.7 Å². The number of alkyl halides is 2. The molecule has 9 heteroatoms. The summed E-state index contributed by atoms with van der Waals surface area (Å²) in [5.74, 6) is -3.55. The molecule has 2 aromatic heterocycles. The zero-order valence-electron chi connectivity index (χ0n) is 20.2. The van der Waals surface area contributed by atoms with E-state index in [1.165, 1.54) is 12.3 Å². The molecule has 188 valence electrons. The van der Waals surface area contributed by atoms with Crippen molar-refractivity contribution in [2.75, 3.05) is 36.6 Å². The highest BCUT2D eigenvalue weighted by Gasteiger charge is 2.37. The number of aryl methyl sites for hydroxylation is 1. The standard InChI is InChI=1S/C27H28F2N4O3/c1-16-3-4-20(32-26(35)17-5-6-30-25(11-17)27(2,28)29)12-21(16)18-10-23-22(31-13-18)9-19(14-34)24-15-36-8-7-33(23)24/h3-6,10-13,19,24,34H,7-9,14-15H2,1-2H3,(H,32,35)/t19-,24+/m0/s1. The van der Waals surface area contributed by atoms with Crippen molar-refractivity contribution in [3.63, 3.8) is 0 Å². The molecule has 0 aliphatic carbocycles. The lowest BCUT2D eigenvalue weighted by Crippen LogP contribution is -2.54. The molecule has 7 nitrogen and oxygen atoms in total. The fraction of sp³-hybridized carbons (Fsp3) is 0.370. The molecule has 0 unspecified atom stereocenters. The Labute approximate surface area is 208 Å². The molecule has 1 saturated heterocycles. The van der Waals surface area contributed by atoms with Crippen LogP contribution in [0.25, 0.3) is 11.1 Å². The van der Waals surface area contributed by atoms with E-state index in [0.717, 1.165) is 47.6 Å². The molecule has 1 aromatic carbocycles. The summed E-state index contributed by atoms with van der Waals surface area (Å²) in [5.41, 5.74) is 5.03. The first kappa shape index (κ1) is 24.3. The molecule has 0 spiro atoms. The van der Waals surface area contributed by atoms with E-state index >= 15 is 0 Å². The molecule has 2 N–H and O–H groups in total. The Morgan fingerprint density at radius 2 is 2.08 bits per heavy atom. The number of anilines is 2. The van der Waals surface area contributed by atoms with Gasteiger partial charge in [0.05, 0.1) is 30.6 Å². The molecule has 0 bridgehead atoms. The summed E-state index contributed by atoms with van der Waals surface area (Å²) in [6.45, 7) is 4.76. The second kappa shape index (κ2) is 9.55. The molecule has 2 aliphatic rings. The van der Waals surface area contributed by atoms with Crippen LogP contribution in [0.2, 0.25) is 0 Å². The summed E-state index contributed by atoms with van der Waals surface area (Å²) in [5, 5.41) is 12.7. The number of rotatable bonds is 5. The average molecular weight is 495 g/mol. The van der Waals surface area contributed by atoms with Gasteiger partial charge in [-0.3, -0.25) is 14.8 Å². The van der Waals surface area contributed by atoms with Crippen LogP contribution in [0, 0.1) is 12.8 Å². The summed E-state index contributed by atoms with van der Waals surface area (Å²) in [6.07, 6.45) is 3.72. The van der Waals surface area contributed by atoms with Gasteiger partial charge >= 0.3 is 0 Å². The maximum Gasteiger partial charge on any atom is 0.286 e. The molecule has 1 amide bonds. The van der Waals surface area contributed by atoms with Gasteiger partial charge < -0.3 is 20.1 Å². The van der Waals surface area contributed by atoms with Gasteiger partial charge in [-0.05, 0) is 54.8 Å². The highest BCUT2D eigenvalue weighted by atomic mass is 19.3. The van der Waals surface area contributed by atoms with Crippen LogP contribution in [-0.2, 0) is 17.1 Å². The summed E-state index contributed by atoms with van der Waals surface area (Å²) in [4.78, 5) is 23.5. The normalized spacial score (nSPS) is 19.4. The third-order valence-corrected chi connectivity index (χ3v) is 6.93. The molecule has 3 aromatic rings. The van der Waals surface area contributed by atoms with E-state index in [4.69, 9.17) is 9.72 Å². The topological polar surface area (TPSA) is 87.6 Å². The van der Waals surface area contributed by atoms with Crippen molar-refractivity contribution in [1.82, 2.24) is 9.97 Å². The van der Waals surface area contributed by atoms with Gasteiger partial charge in [0.2, 0.25) is 0 Å². The van der Waals surface area contributed by atoms with Gasteiger partial charge in [-0.2, -0.15) is 8.78 Å². The van der Waals surface area contributed by atoms with Crippen molar-refractivity contribution in [3.05, 3.63) is 71.3 Å². The Morgan fingerprint density at radius 3 is 2.86 bits per heavy atom. The lowest BCUT2D eigenvalue weighted by molar-refractivity contribution is 0.0127. The number of aliphatic hydroxyl groups excluding tert-OH is 1. The first-order valence-electron chi connectivity index (χ1n) is 12.0. The van der Waals surface area contributed by atoms with E-state index in [1.54, 1.807) is 6.07 Å². The van der Waals surface area contributed by atoms with Crippen molar-refractivity contribution < 1.29 is 23.4 Å². The number of ether oxygens (including phenoxy) is 1. The monoisotopic (exact) mass is 494 g/mol. The molecular weight excluding hydrogens is 466 g/mol. The minimum Gasteiger partial charge on any atom is -0.396 e. The predicted octanol–water partition coefficient (Wildman–Crippen LogP) is 4.19. The lowest BCUT2D eigenvalue weighted by Gasteiger charge is -2.45. The molecule has 2 atom stereocenters. The number of fused-ring (bicyclic) bond motifs is 3. The number of carbonyl (C=O) groups is 1. The average Bonchev–Trinajstić information content (AvgIpc) is 2.88. The number of benzene rings is 1. The molecule has 0 radical (unpaired) electrons. The number of hydrogen-bond donors (Lipinski definition) is 2. The maximum absolute atomic E-state index is 13.7. The van der Waals surface area contributed by atoms with Gasteiger partial charge in [-0.25, -0.2) is 0 Å². The predicted molar refractivity (Wildman–Crippen MR) is 132 cm³/mol. The minimum absolute atomic E-state index is 0.0813. The number of nitrogens with zero attached hydrogens (tertiary/aromatic N) is 3. The van der Waals surface area contributed by atoms with E-state index < -0.39 is 17.5 Å². The Hall–Kier alpha value is -3.43. The fourth-order valence-electron chi connectivity index (χ4n) is 4.94. The van der Waals surface area contributed by atoms with Crippen LogP contribution in [-0.4, -0.2) is 53.4 Å². The van der Waals surface area contributed by atoms with E-state index in [0.29, 0.717) is 25.3 Å². The highest BCUT2D eigenvalue weighted by molar-refractivity contribution is 6.04. The summed E-state index contributed by atoms with van der Waals surface area (Å²) in [6, 6.07) is 10.3. The van der Waals surface area contributed by atoms with Crippen LogP contribution >= 0.6 is 0 Å². The molecule has 2 aliphatic heterocycles. The van der Waals surface area contributed by atoms with Gasteiger partial charge in [0.15, 0.2) is 0 Å². The van der Waals surface area contributed by atoms with Gasteiger partial charge in [-0.1, -0.05) is 6.07 Å². The molecule has 5 rings (SSSR count). The Bertz CT molecular complexity index is 1290. The van der Waals surface area contributed by atoms with Crippen LogP contribution in [0.15, 0.2) is 48.8 Å². The summed E-state index contributed by atoms with van der Waals surface area (Å²) in [7, 11) is 0. The Balaban J connectivity index is 1.43. The first-order valence-corrected chi connectivity index (χ1v) is 12.0. The summed E-state index contributed by atoms with van der Waals surface area (Å²) >= 11 is 0. The van der Waals surface area contributed by atoms with Crippen LogP contribution in [0.1, 0.15) is 34.2 Å². The Kier molecular flexibility index (Phi) is 6.44. The lowest BCUT2D eigenvalue weighted by atomic mass is 9.87. The number of halogens is 2. The number of nitrogens with one attached hydrogen (secondary N) is 1. The van der Waals surface area contributed by atoms with Crippen molar-refractivity contribution in [2.24, 2.45) is 5.92 Å². The van der Waals surface area contributed by atoms with E-state index in [-0.39, 0.29) is 24.1 Å². The van der Waals surface area contributed by atoms with Gasteiger partial charge in [-0.15, -0.1) is 0 Å². The van der Waals surface area contributed by atoms with Crippen LogP contribution in [0.5, 0.6) is 0 Å². The van der Waals surface area contributed by atoms with Crippen molar-refractivity contribution in [1.29, 1.82) is 0 Å². The summed E-state index contributed by atoms with van der Waals surface area (Å²) < 4.78 is 33.0. The number of carbonyl (C=O) groups excluding carboxylic acids is 1. The molecular formula is C27H28F2N4O3. The molecule has 4 heterocycles. The molecule has 1 fully saturated rings. The molecule has 0 saturated carbocycles. The first-order chi connectivity index (χ1) is 17.2. The Morgan fingerprint density at radius 1 is 1.25 bits per heavy atom. The van der Waals surface area contributed by atoms with Crippen LogP contribution in [0.3, 0.4) is 0 Å². The van der Waals surface area contributed by atoms with Crippen molar-refractivity contribution >= 4 is 17.3 Å². The van der Waals surface area contributed by atoms with Crippen LogP contribution in [0.4, 0.5) is 20.2 Å². The maximum atomic E-state index is 13.7. The minimum atomic E-state index is -3.14. The number of pyridine rings is 2. The zero-order chi connectivity index (χ0) is 25.4. The van der Waals surface area contributed by atoms with Gasteiger partial charge in [0, 0.05) is 55.2 Å². The van der Waals surface area contributed by atoms with Crippen molar-refractivity contribution in [3.8, 4) is 11.1 Å². The fourth-order valence-corrected chi connectivity index (χ4v) is 4.94. The number of amides is 1. The van der Waals surface area contributed by atoms with Gasteiger partial charge in [0.25, 0.3) is 11.8 Å². The third kappa shape index (κ3) is 4.68. The zero-order valence-corrected chi connectivity index (χ0v) is 20.2. The third-order valence-electron chi connectivity index (χ3n) is 6.93. The number of aliphatic hydroxyl groups is 1. The van der Waals surface area contributed by atoms with Crippen LogP contribution < -0.4 is 10.2 Å². The second-order valence-electron chi connectivity index (χ2n) is 9.47. The number of morpholine rings is 1. The number of hydrogen-bond acceptors (Lipinski definition) is 6. The highest BCUT2D eigenvalue weighted by Crippen LogP contribution is 2.37. The molecule has 36 heavy (non-hydrogen) atoms. The SMILES string of the molecule is Cc1ccc(NC(=O)c2ccnc(C(C)(F)F)c2)cc1-c1cnc2c(c1)N1CCOC[C@@H]1[C@H](CO)C2. The smallest absolute Gasteiger partial charge is 0.286 e. The quantitative estimate of drug-likeness (QED) is 0.553.